The van der Waals surface area contributed by atoms with Gasteiger partial charge in [0, 0.05) is 0 Å². The van der Waals surface area contributed by atoms with E-state index in [1.807, 2.05) is 0 Å². The summed E-state index contributed by atoms with van der Waals surface area (Å²) in [7, 11) is 2.85. The van der Waals surface area contributed by atoms with Gasteiger partial charge in [0.05, 0.1) is 34.0 Å². The Morgan fingerprint density at radius 1 is 0.895 bits per heavy atom. The summed E-state index contributed by atoms with van der Waals surface area (Å²) in [5, 5.41) is 69.4. The second-order valence-corrected chi connectivity index (χ2v) is 8.87. The van der Waals surface area contributed by atoms with Crippen molar-refractivity contribution in [2.45, 2.75) is 55.8 Å². The summed E-state index contributed by atoms with van der Waals surface area (Å²) in [6.07, 6.45) is -7.82. The minimum atomic E-state index is -1.50. The van der Waals surface area contributed by atoms with E-state index < -0.39 is 56.1 Å². The lowest BCUT2D eigenvalue weighted by Crippen LogP contribution is -2.59. The zero-order valence-corrected chi connectivity index (χ0v) is 21.2. The lowest BCUT2D eigenvalue weighted by molar-refractivity contribution is -0.301. The molecule has 1 fully saturated rings. The predicted octanol–water partition coefficient (Wildman–Crippen LogP) is -0.368. The third-order valence-corrected chi connectivity index (χ3v) is 6.32. The summed E-state index contributed by atoms with van der Waals surface area (Å²) in [6.45, 7) is -0.862. The molecule has 0 aromatic heterocycles. The van der Waals surface area contributed by atoms with E-state index in [-0.39, 0.29) is 18.1 Å². The van der Waals surface area contributed by atoms with Crippen LogP contribution in [0.4, 0.5) is 0 Å². The van der Waals surface area contributed by atoms with Crippen LogP contribution in [0.2, 0.25) is 0 Å². The Hall–Kier alpha value is -2.68. The van der Waals surface area contributed by atoms with Gasteiger partial charge in [0.15, 0.2) is 35.4 Å². The average molecular weight is 541 g/mol. The number of hydrogen-bond acceptors (Lipinski definition) is 12. The van der Waals surface area contributed by atoms with Gasteiger partial charge in [0.2, 0.25) is 0 Å². The van der Waals surface area contributed by atoms with Crippen LogP contribution in [0.1, 0.15) is 23.7 Å². The van der Waals surface area contributed by atoms with Gasteiger partial charge in [0.1, 0.15) is 30.5 Å². The molecule has 7 atom stereocenters. The molecule has 0 aliphatic carbocycles. The topological polar surface area (TPSA) is 188 Å². The predicted molar refractivity (Wildman–Crippen MR) is 132 cm³/mol. The van der Waals surface area contributed by atoms with Crippen molar-refractivity contribution in [3.63, 3.8) is 0 Å². The summed E-state index contributed by atoms with van der Waals surface area (Å²) in [5.74, 6) is 0.778. The Morgan fingerprint density at radius 2 is 1.63 bits per heavy atom. The van der Waals surface area contributed by atoms with Crippen molar-refractivity contribution in [2.75, 3.05) is 34.0 Å². The fraction of sp³-hybridized carbons (Fsp3) is 0.538. The van der Waals surface area contributed by atoms with Crippen LogP contribution < -0.4 is 14.2 Å². The average Bonchev–Trinajstić information content (AvgIpc) is 2.94. The Labute approximate surface area is 220 Å². The fourth-order valence-electron chi connectivity index (χ4n) is 4.10. The van der Waals surface area contributed by atoms with Gasteiger partial charge in [-0.2, -0.15) is 0 Å². The molecule has 2 aromatic rings. The molecule has 12 nitrogen and oxygen atoms in total. The van der Waals surface area contributed by atoms with Crippen LogP contribution in [-0.4, -0.2) is 107 Å². The SMILES string of the molecule is COc1cc([C@@H](O)[C@@H](CO)Oc2ccc(CCCO[C@H]3O[C@@H](CO)[C@H](O)[C@@H](O)[C@@H]3O)cc2OC)ccc1O. The monoisotopic (exact) mass is 540 g/mol. The number of hydrogen-bond donors (Lipinski definition) is 7. The molecule has 2 aromatic carbocycles. The number of aliphatic hydroxyl groups excluding tert-OH is 6. The van der Waals surface area contributed by atoms with Crippen molar-refractivity contribution in [2.24, 2.45) is 0 Å². The Kier molecular flexibility index (Phi) is 10.9. The van der Waals surface area contributed by atoms with Gasteiger partial charge in [-0.25, -0.2) is 0 Å². The van der Waals surface area contributed by atoms with E-state index in [1.54, 1.807) is 18.2 Å². The number of phenolic OH excluding ortho intramolecular Hbond substituents is 1. The first-order valence-electron chi connectivity index (χ1n) is 12.2. The molecule has 0 spiro atoms. The van der Waals surface area contributed by atoms with Crippen molar-refractivity contribution >= 4 is 0 Å². The maximum Gasteiger partial charge on any atom is 0.186 e. The van der Waals surface area contributed by atoms with Gasteiger partial charge in [0.25, 0.3) is 0 Å². The van der Waals surface area contributed by atoms with Crippen molar-refractivity contribution in [3.8, 4) is 23.0 Å². The maximum absolute atomic E-state index is 10.8. The first-order chi connectivity index (χ1) is 18.2. The van der Waals surface area contributed by atoms with E-state index in [0.717, 1.165) is 5.56 Å². The number of aryl methyl sites for hydroxylation is 1. The molecule has 3 rings (SSSR count). The highest BCUT2D eigenvalue weighted by Gasteiger charge is 2.43. The highest BCUT2D eigenvalue weighted by molar-refractivity contribution is 5.44. The van der Waals surface area contributed by atoms with Gasteiger partial charge in [-0.05, 0) is 48.2 Å². The van der Waals surface area contributed by atoms with Crippen LogP contribution in [0.15, 0.2) is 36.4 Å². The molecule has 212 valence electrons. The first-order valence-corrected chi connectivity index (χ1v) is 12.2. The van der Waals surface area contributed by atoms with E-state index >= 15 is 0 Å². The summed E-state index contributed by atoms with van der Waals surface area (Å²) in [4.78, 5) is 0. The van der Waals surface area contributed by atoms with E-state index in [0.29, 0.717) is 29.9 Å². The molecule has 0 bridgehead atoms. The molecule has 0 amide bonds. The highest BCUT2D eigenvalue weighted by atomic mass is 16.7. The number of aliphatic hydroxyl groups is 6. The van der Waals surface area contributed by atoms with Crippen molar-refractivity contribution in [1.29, 1.82) is 0 Å². The molecular formula is C26H36O12. The number of aromatic hydroxyl groups is 1. The largest absolute Gasteiger partial charge is 0.504 e. The molecule has 0 unspecified atom stereocenters. The number of phenols is 1. The molecule has 12 heteroatoms. The third-order valence-electron chi connectivity index (χ3n) is 6.32. The normalized spacial score (nSPS) is 25.0. The molecule has 1 heterocycles. The number of benzene rings is 2. The quantitative estimate of drug-likeness (QED) is 0.164. The Balaban J connectivity index is 1.58. The fourth-order valence-corrected chi connectivity index (χ4v) is 4.10. The van der Waals surface area contributed by atoms with E-state index in [1.165, 1.54) is 32.4 Å². The molecule has 1 saturated heterocycles. The molecule has 0 radical (unpaired) electrons. The minimum absolute atomic E-state index is 0.0826. The van der Waals surface area contributed by atoms with Gasteiger partial charge < -0.3 is 59.4 Å². The number of rotatable bonds is 13. The zero-order chi connectivity index (χ0) is 27.8. The lowest BCUT2D eigenvalue weighted by Gasteiger charge is -2.39. The molecular weight excluding hydrogens is 504 g/mol. The lowest BCUT2D eigenvalue weighted by atomic mass is 9.99. The molecule has 38 heavy (non-hydrogen) atoms. The summed E-state index contributed by atoms with van der Waals surface area (Å²) >= 11 is 0. The second kappa shape index (κ2) is 13.9. The zero-order valence-electron chi connectivity index (χ0n) is 21.2. The maximum atomic E-state index is 10.8. The summed E-state index contributed by atoms with van der Waals surface area (Å²) < 4.78 is 27.2. The van der Waals surface area contributed by atoms with Crippen LogP contribution in [-0.2, 0) is 15.9 Å². The van der Waals surface area contributed by atoms with Crippen molar-refractivity contribution in [3.05, 3.63) is 47.5 Å². The standard InChI is InChI=1S/C26H36O12/c1-34-18-11-15(6-7-16(18)29)22(30)20(12-27)37-17-8-5-14(10-19(17)35-2)4-3-9-36-26-25(33)24(32)23(31)21(13-28)38-26/h5-8,10-11,20-33H,3-4,9,12-13H2,1-2H3/t20-,21+,22-,23+,24-,25+,26+/m1/s1. The van der Waals surface area contributed by atoms with Crippen molar-refractivity contribution < 1.29 is 59.4 Å². The Bertz CT molecular complexity index is 1020. The van der Waals surface area contributed by atoms with E-state index in [4.69, 9.17) is 23.7 Å². The molecule has 7 N–H and O–H groups in total. The number of ether oxygens (including phenoxy) is 5. The van der Waals surface area contributed by atoms with Crippen molar-refractivity contribution in [1.82, 2.24) is 0 Å². The first kappa shape index (κ1) is 29.9. The minimum Gasteiger partial charge on any atom is -0.504 e. The van der Waals surface area contributed by atoms with E-state index in [9.17, 15) is 35.7 Å². The number of methoxy groups -OCH3 is 2. The third kappa shape index (κ3) is 7.04. The van der Waals surface area contributed by atoms with Gasteiger partial charge >= 0.3 is 0 Å². The van der Waals surface area contributed by atoms with Gasteiger partial charge in [-0.3, -0.25) is 0 Å². The summed E-state index contributed by atoms with van der Waals surface area (Å²) in [5.41, 5.74) is 1.25. The van der Waals surface area contributed by atoms with Crippen LogP contribution in [0.5, 0.6) is 23.0 Å². The Morgan fingerprint density at radius 3 is 2.29 bits per heavy atom. The van der Waals surface area contributed by atoms with Crippen LogP contribution in [0.25, 0.3) is 0 Å². The van der Waals surface area contributed by atoms with E-state index in [2.05, 4.69) is 0 Å². The van der Waals surface area contributed by atoms with Crippen LogP contribution in [0.3, 0.4) is 0 Å². The molecule has 1 aliphatic heterocycles. The van der Waals surface area contributed by atoms with Crippen LogP contribution >= 0.6 is 0 Å². The highest BCUT2D eigenvalue weighted by Crippen LogP contribution is 2.34. The molecule has 0 saturated carbocycles. The molecule has 1 aliphatic rings. The van der Waals surface area contributed by atoms with Gasteiger partial charge in [-0.15, -0.1) is 0 Å². The van der Waals surface area contributed by atoms with Crippen LogP contribution in [0, 0.1) is 0 Å². The smallest absolute Gasteiger partial charge is 0.186 e. The van der Waals surface area contributed by atoms with Gasteiger partial charge in [-0.1, -0.05) is 12.1 Å². The second-order valence-electron chi connectivity index (χ2n) is 8.87. The summed E-state index contributed by atoms with van der Waals surface area (Å²) in [6, 6.07) is 9.52.